The molecule has 16 heavy (non-hydrogen) atoms. The number of para-hydroxylation sites is 1. The van der Waals surface area contributed by atoms with E-state index in [0.29, 0.717) is 5.92 Å². The van der Waals surface area contributed by atoms with Crippen molar-refractivity contribution in [2.45, 2.75) is 20.4 Å². The van der Waals surface area contributed by atoms with Gasteiger partial charge in [-0.3, -0.25) is 4.90 Å². The highest BCUT2D eigenvalue weighted by Crippen LogP contribution is 2.27. The molecule has 0 saturated heterocycles. The van der Waals surface area contributed by atoms with E-state index in [2.05, 4.69) is 19.9 Å². The number of fused-ring (bicyclic) bond motifs is 1. The van der Waals surface area contributed by atoms with Crippen LogP contribution in [0.15, 0.2) is 24.3 Å². The van der Waals surface area contributed by atoms with Crippen LogP contribution in [0.5, 0.6) is 0 Å². The van der Waals surface area contributed by atoms with Gasteiger partial charge in [0.15, 0.2) is 0 Å². The minimum Gasteiger partial charge on any atom is -0.320 e. The molecule has 0 aromatic heterocycles. The van der Waals surface area contributed by atoms with Crippen LogP contribution in [-0.4, -0.2) is 24.5 Å². The molecule has 0 N–H and O–H groups in total. The summed E-state index contributed by atoms with van der Waals surface area (Å²) in [5, 5.41) is 0. The Kier molecular flexibility index (Phi) is 2.86. The molecule has 1 aliphatic rings. The van der Waals surface area contributed by atoms with E-state index < -0.39 is 0 Å². The van der Waals surface area contributed by atoms with E-state index in [4.69, 9.17) is 0 Å². The molecule has 86 valence electrons. The summed E-state index contributed by atoms with van der Waals surface area (Å²) < 4.78 is 0. The standard InChI is InChI=1S/C13H18N2O/c1-10(2)8-15-9-11-6-4-5-7-12(11)14(3)13(15)16/h4-7,10H,8-9H2,1-3H3. The fourth-order valence-corrected chi connectivity index (χ4v) is 2.14. The predicted molar refractivity (Wildman–Crippen MR) is 65.5 cm³/mol. The van der Waals surface area contributed by atoms with E-state index in [1.165, 1.54) is 5.56 Å². The Balaban J connectivity index is 2.28. The molecule has 0 unspecified atom stereocenters. The molecule has 1 aliphatic heterocycles. The molecule has 1 aromatic rings. The lowest BCUT2D eigenvalue weighted by molar-refractivity contribution is 0.192. The van der Waals surface area contributed by atoms with E-state index in [0.717, 1.165) is 18.8 Å². The zero-order valence-electron chi connectivity index (χ0n) is 10.1. The molecule has 0 aliphatic carbocycles. The van der Waals surface area contributed by atoms with Gasteiger partial charge in [0.05, 0.1) is 5.69 Å². The summed E-state index contributed by atoms with van der Waals surface area (Å²) in [5.41, 5.74) is 2.26. The second-order valence-corrected chi connectivity index (χ2v) is 4.74. The van der Waals surface area contributed by atoms with Crippen LogP contribution in [0.3, 0.4) is 0 Å². The van der Waals surface area contributed by atoms with E-state index in [1.54, 1.807) is 4.90 Å². The van der Waals surface area contributed by atoms with Gasteiger partial charge in [-0.05, 0) is 17.5 Å². The Morgan fingerprint density at radius 1 is 1.31 bits per heavy atom. The first-order chi connectivity index (χ1) is 7.59. The molecule has 2 rings (SSSR count). The molecular formula is C13H18N2O. The number of anilines is 1. The van der Waals surface area contributed by atoms with Gasteiger partial charge < -0.3 is 4.90 Å². The quantitative estimate of drug-likeness (QED) is 0.748. The molecule has 3 heteroatoms. The summed E-state index contributed by atoms with van der Waals surface area (Å²) >= 11 is 0. The zero-order valence-corrected chi connectivity index (χ0v) is 10.1. The smallest absolute Gasteiger partial charge is 0.320 e. The predicted octanol–water partition coefficient (Wildman–Crippen LogP) is 2.71. The van der Waals surface area contributed by atoms with Crippen LogP contribution in [-0.2, 0) is 6.54 Å². The third kappa shape index (κ3) is 1.90. The third-order valence-corrected chi connectivity index (χ3v) is 2.86. The molecule has 0 spiro atoms. The monoisotopic (exact) mass is 218 g/mol. The van der Waals surface area contributed by atoms with Crippen LogP contribution in [0.4, 0.5) is 10.5 Å². The average molecular weight is 218 g/mol. The molecule has 0 fully saturated rings. The van der Waals surface area contributed by atoms with Crippen LogP contribution in [0, 0.1) is 5.92 Å². The summed E-state index contributed by atoms with van der Waals surface area (Å²) in [6.07, 6.45) is 0. The van der Waals surface area contributed by atoms with Gasteiger partial charge in [-0.15, -0.1) is 0 Å². The molecule has 0 bridgehead atoms. The van der Waals surface area contributed by atoms with Crippen molar-refractivity contribution in [3.8, 4) is 0 Å². The largest absolute Gasteiger partial charge is 0.324 e. The van der Waals surface area contributed by atoms with Gasteiger partial charge in [-0.25, -0.2) is 4.79 Å². The number of carbonyl (C=O) groups is 1. The molecule has 0 radical (unpaired) electrons. The molecule has 1 aromatic carbocycles. The van der Waals surface area contributed by atoms with Crippen molar-refractivity contribution in [1.82, 2.24) is 4.90 Å². The Labute approximate surface area is 96.7 Å². The minimum absolute atomic E-state index is 0.104. The first-order valence-electron chi connectivity index (χ1n) is 5.70. The Morgan fingerprint density at radius 3 is 2.69 bits per heavy atom. The SMILES string of the molecule is CC(C)CN1Cc2ccccc2N(C)C1=O. The van der Waals surface area contributed by atoms with E-state index in [-0.39, 0.29) is 6.03 Å². The van der Waals surface area contributed by atoms with Crippen molar-refractivity contribution in [2.75, 3.05) is 18.5 Å². The van der Waals surface area contributed by atoms with Crippen molar-refractivity contribution in [3.63, 3.8) is 0 Å². The molecule has 2 amide bonds. The van der Waals surface area contributed by atoms with Gasteiger partial charge >= 0.3 is 6.03 Å². The fourth-order valence-electron chi connectivity index (χ4n) is 2.14. The third-order valence-electron chi connectivity index (χ3n) is 2.86. The minimum atomic E-state index is 0.104. The maximum absolute atomic E-state index is 12.1. The number of nitrogens with zero attached hydrogens (tertiary/aromatic N) is 2. The van der Waals surface area contributed by atoms with Crippen molar-refractivity contribution < 1.29 is 4.79 Å². The number of benzene rings is 1. The van der Waals surface area contributed by atoms with Crippen molar-refractivity contribution in [1.29, 1.82) is 0 Å². The molecule has 0 atom stereocenters. The number of hydrogen-bond donors (Lipinski definition) is 0. The molecular weight excluding hydrogens is 200 g/mol. The lowest BCUT2D eigenvalue weighted by Gasteiger charge is -2.35. The molecule has 1 heterocycles. The van der Waals surface area contributed by atoms with Crippen LogP contribution in [0.1, 0.15) is 19.4 Å². The lowest BCUT2D eigenvalue weighted by atomic mass is 10.1. The van der Waals surface area contributed by atoms with Crippen molar-refractivity contribution in [3.05, 3.63) is 29.8 Å². The summed E-state index contributed by atoms with van der Waals surface area (Å²) in [4.78, 5) is 15.7. The van der Waals surface area contributed by atoms with Crippen LogP contribution in [0.25, 0.3) is 0 Å². The maximum atomic E-state index is 12.1. The number of hydrogen-bond acceptors (Lipinski definition) is 1. The van der Waals surface area contributed by atoms with Gasteiger partial charge in [0.25, 0.3) is 0 Å². The highest BCUT2D eigenvalue weighted by molar-refractivity contribution is 5.94. The fraction of sp³-hybridized carbons (Fsp3) is 0.462. The number of urea groups is 1. The lowest BCUT2D eigenvalue weighted by Crippen LogP contribution is -2.46. The normalized spacial score (nSPS) is 15.6. The second-order valence-electron chi connectivity index (χ2n) is 4.74. The van der Waals surface area contributed by atoms with Gasteiger partial charge in [0, 0.05) is 20.1 Å². The van der Waals surface area contributed by atoms with Gasteiger partial charge in [-0.1, -0.05) is 32.0 Å². The average Bonchev–Trinajstić information content (AvgIpc) is 2.25. The van der Waals surface area contributed by atoms with E-state index >= 15 is 0 Å². The van der Waals surface area contributed by atoms with Gasteiger partial charge in [-0.2, -0.15) is 0 Å². The Hall–Kier alpha value is -1.51. The summed E-state index contributed by atoms with van der Waals surface area (Å²) in [5.74, 6) is 0.502. The van der Waals surface area contributed by atoms with E-state index in [9.17, 15) is 4.79 Å². The molecule has 0 saturated carbocycles. The van der Waals surface area contributed by atoms with Crippen LogP contribution >= 0.6 is 0 Å². The topological polar surface area (TPSA) is 23.6 Å². The van der Waals surface area contributed by atoms with Crippen molar-refractivity contribution in [2.24, 2.45) is 5.92 Å². The Bertz CT molecular complexity index is 401. The first-order valence-corrected chi connectivity index (χ1v) is 5.70. The maximum Gasteiger partial charge on any atom is 0.324 e. The van der Waals surface area contributed by atoms with Crippen LogP contribution in [0.2, 0.25) is 0 Å². The summed E-state index contributed by atoms with van der Waals surface area (Å²) in [6.45, 7) is 5.82. The highest BCUT2D eigenvalue weighted by atomic mass is 16.2. The molecule has 3 nitrogen and oxygen atoms in total. The van der Waals surface area contributed by atoms with Crippen LogP contribution < -0.4 is 4.90 Å². The summed E-state index contributed by atoms with van der Waals surface area (Å²) in [7, 11) is 1.84. The summed E-state index contributed by atoms with van der Waals surface area (Å²) in [6, 6.07) is 8.19. The van der Waals surface area contributed by atoms with Crippen molar-refractivity contribution >= 4 is 11.7 Å². The number of amides is 2. The Morgan fingerprint density at radius 2 is 2.00 bits per heavy atom. The van der Waals surface area contributed by atoms with E-state index in [1.807, 2.05) is 30.1 Å². The first kappa shape index (κ1) is 11.0. The number of rotatable bonds is 2. The highest BCUT2D eigenvalue weighted by Gasteiger charge is 2.27. The van der Waals surface area contributed by atoms with Gasteiger partial charge in [0.2, 0.25) is 0 Å². The zero-order chi connectivity index (χ0) is 11.7. The second kappa shape index (κ2) is 4.16. The number of carbonyl (C=O) groups excluding carboxylic acids is 1. The van der Waals surface area contributed by atoms with Gasteiger partial charge in [0.1, 0.15) is 0 Å².